The topological polar surface area (TPSA) is 78.7 Å². The van der Waals surface area contributed by atoms with Crippen LogP contribution >= 0.6 is 0 Å². The molecule has 1 fully saturated rings. The normalized spacial score (nSPS) is 15.2. The summed E-state index contributed by atoms with van der Waals surface area (Å²) in [6, 6.07) is 12.0. The van der Waals surface area contributed by atoms with E-state index < -0.39 is 5.82 Å². The van der Waals surface area contributed by atoms with Gasteiger partial charge in [0.1, 0.15) is 17.0 Å². The molecule has 0 bridgehead atoms. The van der Waals surface area contributed by atoms with Crippen molar-refractivity contribution >= 4 is 16.8 Å². The minimum absolute atomic E-state index is 0.0138. The fraction of sp³-hybridized carbons (Fsp3) is 0.222. The Kier molecular flexibility index (Phi) is 6.28. The second-order valence-corrected chi connectivity index (χ2v) is 8.36. The number of aromatic nitrogens is 3. The minimum atomic E-state index is -0.562. The van der Waals surface area contributed by atoms with Crippen LogP contribution in [0.1, 0.15) is 12.5 Å². The first kappa shape index (κ1) is 23.3. The molecular formula is C27H25FN4O4. The molecule has 0 radical (unpaired) electrons. The van der Waals surface area contributed by atoms with E-state index in [1.54, 1.807) is 48.7 Å². The van der Waals surface area contributed by atoms with E-state index in [0.29, 0.717) is 24.6 Å². The second kappa shape index (κ2) is 9.69. The summed E-state index contributed by atoms with van der Waals surface area (Å²) < 4.78 is 32.8. The standard InChI is InChI=1S/C27H25FN4O4/c1-4-24(33)31-13-12-18(16-31)32-27-20(14-29-15-23(27)35-3)26(30-32)17-8-10-19(11-9-17)36-22-7-5-6-21(34-2)25(22)28/h4-11,14-15,18H,1,12-13,16H2,2-3H3/t18-/m1/s1. The van der Waals surface area contributed by atoms with Gasteiger partial charge in [0.25, 0.3) is 0 Å². The number of fused-ring (bicyclic) bond motifs is 1. The van der Waals surface area contributed by atoms with Crippen molar-refractivity contribution in [1.29, 1.82) is 0 Å². The van der Waals surface area contributed by atoms with E-state index in [4.69, 9.17) is 19.3 Å². The van der Waals surface area contributed by atoms with Crippen molar-refractivity contribution in [2.75, 3.05) is 27.3 Å². The molecule has 2 aromatic carbocycles. The van der Waals surface area contributed by atoms with Gasteiger partial charge in [-0.3, -0.25) is 14.5 Å². The number of carbonyl (C=O) groups excluding carboxylic acids is 1. The average Bonchev–Trinajstić information content (AvgIpc) is 3.55. The van der Waals surface area contributed by atoms with Gasteiger partial charge < -0.3 is 19.1 Å². The lowest BCUT2D eigenvalue weighted by Gasteiger charge is -2.15. The Morgan fingerprint density at radius 3 is 2.56 bits per heavy atom. The van der Waals surface area contributed by atoms with Gasteiger partial charge in [-0.1, -0.05) is 12.6 Å². The number of halogens is 1. The minimum Gasteiger partial charge on any atom is -0.494 e. The molecule has 0 N–H and O–H groups in total. The van der Waals surface area contributed by atoms with Gasteiger partial charge in [-0.2, -0.15) is 9.49 Å². The van der Waals surface area contributed by atoms with E-state index in [9.17, 15) is 9.18 Å². The quantitative estimate of drug-likeness (QED) is 0.341. The van der Waals surface area contributed by atoms with Crippen LogP contribution in [0, 0.1) is 5.82 Å². The number of hydrogen-bond acceptors (Lipinski definition) is 6. The molecule has 184 valence electrons. The number of ether oxygens (including phenoxy) is 3. The zero-order chi connectivity index (χ0) is 25.2. The molecule has 9 heteroatoms. The van der Waals surface area contributed by atoms with Gasteiger partial charge in [-0.05, 0) is 48.9 Å². The lowest BCUT2D eigenvalue weighted by atomic mass is 10.1. The molecule has 0 saturated carbocycles. The summed E-state index contributed by atoms with van der Waals surface area (Å²) in [5.41, 5.74) is 2.38. The van der Waals surface area contributed by atoms with Crippen LogP contribution in [0.4, 0.5) is 4.39 Å². The summed E-state index contributed by atoms with van der Waals surface area (Å²) in [5.74, 6) is 0.611. The van der Waals surface area contributed by atoms with Gasteiger partial charge in [0.15, 0.2) is 17.2 Å². The van der Waals surface area contributed by atoms with Crippen LogP contribution in [-0.2, 0) is 4.79 Å². The third kappa shape index (κ3) is 4.13. The lowest BCUT2D eigenvalue weighted by molar-refractivity contribution is -0.125. The van der Waals surface area contributed by atoms with E-state index in [1.165, 1.54) is 19.3 Å². The first-order valence-corrected chi connectivity index (χ1v) is 11.5. The Hall–Kier alpha value is -4.40. The number of hydrogen-bond donors (Lipinski definition) is 0. The monoisotopic (exact) mass is 488 g/mol. The van der Waals surface area contributed by atoms with Gasteiger partial charge in [0.05, 0.1) is 31.8 Å². The molecule has 1 aliphatic heterocycles. The summed E-state index contributed by atoms with van der Waals surface area (Å²) in [4.78, 5) is 18.2. The maximum atomic E-state index is 14.5. The van der Waals surface area contributed by atoms with Gasteiger partial charge >= 0.3 is 0 Å². The first-order chi connectivity index (χ1) is 17.5. The van der Waals surface area contributed by atoms with Gasteiger partial charge in [-0.25, -0.2) is 0 Å². The molecule has 4 aromatic rings. The molecule has 5 rings (SSSR count). The summed E-state index contributed by atoms with van der Waals surface area (Å²) in [7, 11) is 3.00. The average molecular weight is 489 g/mol. The van der Waals surface area contributed by atoms with Crippen molar-refractivity contribution in [2.45, 2.75) is 12.5 Å². The van der Waals surface area contributed by atoms with Crippen LogP contribution < -0.4 is 14.2 Å². The number of methoxy groups -OCH3 is 2. The van der Waals surface area contributed by atoms with Crippen LogP contribution in [0.3, 0.4) is 0 Å². The van der Waals surface area contributed by atoms with E-state index in [2.05, 4.69) is 11.6 Å². The van der Waals surface area contributed by atoms with Crippen molar-refractivity contribution in [1.82, 2.24) is 19.7 Å². The number of likely N-dealkylation sites (tertiary alicyclic amines) is 1. The van der Waals surface area contributed by atoms with Crippen molar-refractivity contribution < 1.29 is 23.4 Å². The molecule has 2 aromatic heterocycles. The highest BCUT2D eigenvalue weighted by Crippen LogP contribution is 2.37. The summed E-state index contributed by atoms with van der Waals surface area (Å²) in [6.45, 7) is 4.76. The number of pyridine rings is 1. The fourth-order valence-corrected chi connectivity index (χ4v) is 4.49. The van der Waals surface area contributed by atoms with Crippen LogP contribution in [0.2, 0.25) is 0 Å². The molecule has 1 saturated heterocycles. The van der Waals surface area contributed by atoms with E-state index >= 15 is 0 Å². The maximum Gasteiger partial charge on any atom is 0.246 e. The number of nitrogens with zero attached hydrogens (tertiary/aromatic N) is 4. The van der Waals surface area contributed by atoms with Gasteiger partial charge in [0.2, 0.25) is 11.7 Å². The molecule has 36 heavy (non-hydrogen) atoms. The largest absolute Gasteiger partial charge is 0.494 e. The highest BCUT2D eigenvalue weighted by molar-refractivity contribution is 5.96. The van der Waals surface area contributed by atoms with Crippen LogP contribution in [0.15, 0.2) is 67.5 Å². The second-order valence-electron chi connectivity index (χ2n) is 8.36. The molecule has 0 unspecified atom stereocenters. The Balaban J connectivity index is 1.49. The Labute approximate surface area is 207 Å². The zero-order valence-electron chi connectivity index (χ0n) is 20.0. The lowest BCUT2D eigenvalue weighted by Crippen LogP contribution is -2.27. The van der Waals surface area contributed by atoms with Crippen LogP contribution in [-0.4, -0.2) is 52.9 Å². The Bertz CT molecular complexity index is 1430. The molecule has 3 heterocycles. The third-order valence-electron chi connectivity index (χ3n) is 6.29. The molecule has 8 nitrogen and oxygen atoms in total. The summed E-state index contributed by atoms with van der Waals surface area (Å²) >= 11 is 0. The van der Waals surface area contributed by atoms with Crippen molar-refractivity contribution in [3.8, 4) is 34.3 Å². The van der Waals surface area contributed by atoms with E-state index in [1.807, 2.05) is 16.8 Å². The van der Waals surface area contributed by atoms with Crippen molar-refractivity contribution in [3.63, 3.8) is 0 Å². The molecule has 0 spiro atoms. The fourth-order valence-electron chi connectivity index (χ4n) is 4.49. The van der Waals surface area contributed by atoms with E-state index in [0.717, 1.165) is 28.6 Å². The van der Waals surface area contributed by atoms with E-state index in [-0.39, 0.29) is 23.4 Å². The van der Waals surface area contributed by atoms with Gasteiger partial charge in [0, 0.05) is 24.8 Å². The third-order valence-corrected chi connectivity index (χ3v) is 6.29. The number of carbonyl (C=O) groups is 1. The highest BCUT2D eigenvalue weighted by Gasteiger charge is 2.30. The summed E-state index contributed by atoms with van der Waals surface area (Å²) in [6.07, 6.45) is 5.51. The molecular weight excluding hydrogens is 463 g/mol. The number of benzene rings is 2. The smallest absolute Gasteiger partial charge is 0.246 e. The van der Waals surface area contributed by atoms with Crippen LogP contribution in [0.25, 0.3) is 22.2 Å². The van der Waals surface area contributed by atoms with Crippen LogP contribution in [0.5, 0.6) is 23.0 Å². The predicted octanol–water partition coefficient (Wildman–Crippen LogP) is 5.01. The highest BCUT2D eigenvalue weighted by atomic mass is 19.1. The Morgan fingerprint density at radius 1 is 1.08 bits per heavy atom. The first-order valence-electron chi connectivity index (χ1n) is 11.5. The Morgan fingerprint density at radius 2 is 1.83 bits per heavy atom. The van der Waals surface area contributed by atoms with Crippen molar-refractivity contribution in [2.24, 2.45) is 0 Å². The summed E-state index contributed by atoms with van der Waals surface area (Å²) in [5, 5.41) is 5.76. The molecule has 1 amide bonds. The number of rotatable bonds is 7. The maximum absolute atomic E-state index is 14.5. The predicted molar refractivity (Wildman–Crippen MR) is 133 cm³/mol. The van der Waals surface area contributed by atoms with Crippen molar-refractivity contribution in [3.05, 3.63) is 73.3 Å². The molecule has 1 aliphatic rings. The molecule has 0 aliphatic carbocycles. The zero-order valence-corrected chi connectivity index (χ0v) is 20.0. The number of amides is 1. The van der Waals surface area contributed by atoms with Gasteiger partial charge in [-0.15, -0.1) is 0 Å². The SMILES string of the molecule is C=CC(=O)N1CC[C@@H](n2nc(-c3ccc(Oc4cccc(OC)c4F)cc3)c3cncc(OC)c32)C1. The molecule has 1 atom stereocenters.